The van der Waals surface area contributed by atoms with Crippen LogP contribution in [0.1, 0.15) is 23.2 Å². The molecule has 0 unspecified atom stereocenters. The van der Waals surface area contributed by atoms with Gasteiger partial charge in [0, 0.05) is 53.1 Å². The summed E-state index contributed by atoms with van der Waals surface area (Å²) < 4.78 is 0. The van der Waals surface area contributed by atoms with E-state index in [1.165, 1.54) is 0 Å². The molecule has 4 nitrogen and oxygen atoms in total. The smallest absolute Gasteiger partial charge is 0.165 e. The Bertz CT molecular complexity index is 858. The van der Waals surface area contributed by atoms with Crippen LogP contribution in [0.15, 0.2) is 48.1 Å². The number of carbonyl (C=O) groups excluding carboxylic acids is 1. The van der Waals surface area contributed by atoms with Crippen molar-refractivity contribution in [3.8, 4) is 21.8 Å². The highest BCUT2D eigenvalue weighted by Gasteiger charge is 2.17. The molecule has 0 fully saturated rings. The summed E-state index contributed by atoms with van der Waals surface area (Å²) in [5, 5.41) is 6.31. The number of Topliss-reactive ketones (excluding diaryl/α,β-unsaturated/α-hetero) is 1. The SMILES string of the molecule is O=C1CCCNc2ccc(-c3csc(-c4ccncc4)n3)cc21. The minimum absolute atomic E-state index is 0.205. The number of benzene rings is 1. The van der Waals surface area contributed by atoms with E-state index in [2.05, 4.69) is 10.3 Å². The zero-order chi connectivity index (χ0) is 15.6. The van der Waals surface area contributed by atoms with Gasteiger partial charge in [0.05, 0.1) is 5.69 Å². The van der Waals surface area contributed by atoms with E-state index in [4.69, 9.17) is 4.98 Å². The van der Waals surface area contributed by atoms with Crippen LogP contribution in [0, 0.1) is 0 Å². The molecule has 3 heterocycles. The molecule has 1 aliphatic rings. The second-order valence-electron chi connectivity index (χ2n) is 5.49. The Morgan fingerprint density at radius 2 is 1.96 bits per heavy atom. The minimum atomic E-state index is 0.205. The molecule has 114 valence electrons. The predicted molar refractivity (Wildman–Crippen MR) is 92.8 cm³/mol. The zero-order valence-electron chi connectivity index (χ0n) is 12.5. The highest BCUT2D eigenvalue weighted by Crippen LogP contribution is 2.31. The summed E-state index contributed by atoms with van der Waals surface area (Å²) in [6, 6.07) is 9.87. The molecular formula is C18H15N3OS. The summed E-state index contributed by atoms with van der Waals surface area (Å²) in [5.41, 5.74) is 4.65. The molecule has 0 bridgehead atoms. The number of thiazole rings is 1. The molecule has 2 aromatic heterocycles. The van der Waals surface area contributed by atoms with Crippen molar-refractivity contribution in [2.75, 3.05) is 11.9 Å². The summed E-state index contributed by atoms with van der Waals surface area (Å²) in [5.74, 6) is 0.205. The zero-order valence-corrected chi connectivity index (χ0v) is 13.3. The highest BCUT2D eigenvalue weighted by atomic mass is 32.1. The van der Waals surface area contributed by atoms with Crippen molar-refractivity contribution in [3.63, 3.8) is 0 Å². The van der Waals surface area contributed by atoms with Crippen LogP contribution in [-0.4, -0.2) is 22.3 Å². The average Bonchev–Trinajstić information content (AvgIpc) is 3.02. The van der Waals surface area contributed by atoms with Crippen molar-refractivity contribution in [3.05, 3.63) is 53.7 Å². The summed E-state index contributed by atoms with van der Waals surface area (Å²) >= 11 is 1.60. The lowest BCUT2D eigenvalue weighted by Crippen LogP contribution is -2.00. The van der Waals surface area contributed by atoms with Gasteiger partial charge < -0.3 is 5.32 Å². The van der Waals surface area contributed by atoms with Gasteiger partial charge in [-0.3, -0.25) is 9.78 Å². The molecule has 1 N–H and O–H groups in total. The van der Waals surface area contributed by atoms with Gasteiger partial charge in [-0.15, -0.1) is 11.3 Å². The van der Waals surface area contributed by atoms with Gasteiger partial charge >= 0.3 is 0 Å². The molecule has 0 spiro atoms. The predicted octanol–water partition coefficient (Wildman–Crippen LogP) is 4.26. The van der Waals surface area contributed by atoms with Crippen LogP contribution in [0.2, 0.25) is 0 Å². The molecular weight excluding hydrogens is 306 g/mol. The number of nitrogens with zero attached hydrogens (tertiary/aromatic N) is 2. The van der Waals surface area contributed by atoms with Crippen LogP contribution < -0.4 is 5.32 Å². The van der Waals surface area contributed by atoms with Gasteiger partial charge in [-0.1, -0.05) is 6.07 Å². The Labute approximate surface area is 138 Å². The Morgan fingerprint density at radius 3 is 2.83 bits per heavy atom. The fourth-order valence-corrected chi connectivity index (χ4v) is 3.56. The standard InChI is InChI=1S/C18H15N3OS/c22-17-2-1-7-20-15-4-3-13(10-14(15)17)16-11-23-18(21-16)12-5-8-19-9-6-12/h3-6,8-11,20H,1-2,7H2. The molecule has 0 radical (unpaired) electrons. The van der Waals surface area contributed by atoms with E-state index in [-0.39, 0.29) is 5.78 Å². The molecule has 0 aliphatic carbocycles. The number of carbonyl (C=O) groups is 1. The topological polar surface area (TPSA) is 54.9 Å². The molecule has 0 saturated heterocycles. The van der Waals surface area contributed by atoms with E-state index in [0.717, 1.165) is 46.0 Å². The molecule has 1 aliphatic heterocycles. The van der Waals surface area contributed by atoms with Crippen LogP contribution in [0.5, 0.6) is 0 Å². The van der Waals surface area contributed by atoms with Crippen molar-refractivity contribution in [2.24, 2.45) is 0 Å². The quantitative estimate of drug-likeness (QED) is 0.766. The number of aromatic nitrogens is 2. The summed E-state index contributed by atoms with van der Waals surface area (Å²) in [6.45, 7) is 0.848. The molecule has 1 aromatic carbocycles. The largest absolute Gasteiger partial charge is 0.384 e. The number of hydrogen-bond donors (Lipinski definition) is 1. The van der Waals surface area contributed by atoms with Gasteiger partial charge in [0.1, 0.15) is 5.01 Å². The maximum absolute atomic E-state index is 12.3. The maximum Gasteiger partial charge on any atom is 0.165 e. The Hall–Kier alpha value is -2.53. The minimum Gasteiger partial charge on any atom is -0.384 e. The van der Waals surface area contributed by atoms with Crippen molar-refractivity contribution < 1.29 is 4.79 Å². The maximum atomic E-state index is 12.3. The lowest BCUT2D eigenvalue weighted by molar-refractivity contribution is 0.0984. The van der Waals surface area contributed by atoms with Crippen molar-refractivity contribution >= 4 is 22.8 Å². The first-order valence-corrected chi connectivity index (χ1v) is 8.47. The van der Waals surface area contributed by atoms with E-state index in [1.54, 1.807) is 23.7 Å². The molecule has 4 rings (SSSR count). The fraction of sp³-hybridized carbons (Fsp3) is 0.167. The Kier molecular flexibility index (Phi) is 3.63. The number of hydrogen-bond acceptors (Lipinski definition) is 5. The summed E-state index contributed by atoms with van der Waals surface area (Å²) in [6.07, 6.45) is 5.01. The second-order valence-corrected chi connectivity index (χ2v) is 6.35. The van der Waals surface area contributed by atoms with Crippen LogP contribution in [0.4, 0.5) is 5.69 Å². The third kappa shape index (κ3) is 2.75. The highest BCUT2D eigenvalue weighted by molar-refractivity contribution is 7.13. The van der Waals surface area contributed by atoms with Crippen molar-refractivity contribution in [2.45, 2.75) is 12.8 Å². The van der Waals surface area contributed by atoms with E-state index >= 15 is 0 Å². The van der Waals surface area contributed by atoms with Crippen molar-refractivity contribution in [1.29, 1.82) is 0 Å². The van der Waals surface area contributed by atoms with Crippen LogP contribution in [0.3, 0.4) is 0 Å². The number of fused-ring (bicyclic) bond motifs is 1. The molecule has 0 atom stereocenters. The lowest BCUT2D eigenvalue weighted by atomic mass is 10.0. The van der Waals surface area contributed by atoms with Crippen LogP contribution in [-0.2, 0) is 0 Å². The molecule has 23 heavy (non-hydrogen) atoms. The first-order chi connectivity index (χ1) is 11.3. The molecule has 3 aromatic rings. The van der Waals surface area contributed by atoms with Gasteiger partial charge in [-0.25, -0.2) is 4.98 Å². The van der Waals surface area contributed by atoms with Crippen LogP contribution >= 0.6 is 11.3 Å². The first-order valence-electron chi connectivity index (χ1n) is 7.59. The van der Waals surface area contributed by atoms with E-state index in [0.29, 0.717) is 6.42 Å². The summed E-state index contributed by atoms with van der Waals surface area (Å²) in [4.78, 5) is 21.0. The third-order valence-corrected chi connectivity index (χ3v) is 4.83. The first kappa shape index (κ1) is 14.1. The number of anilines is 1. The fourth-order valence-electron chi connectivity index (χ4n) is 2.73. The van der Waals surface area contributed by atoms with Crippen molar-refractivity contribution in [1.82, 2.24) is 9.97 Å². The van der Waals surface area contributed by atoms with Gasteiger partial charge in [0.2, 0.25) is 0 Å². The average molecular weight is 321 g/mol. The number of rotatable bonds is 2. The van der Waals surface area contributed by atoms with Gasteiger partial charge in [0.15, 0.2) is 5.78 Å². The lowest BCUT2D eigenvalue weighted by Gasteiger charge is -2.08. The molecule has 0 saturated carbocycles. The Balaban J connectivity index is 1.72. The third-order valence-electron chi connectivity index (χ3n) is 3.94. The van der Waals surface area contributed by atoms with Crippen LogP contribution in [0.25, 0.3) is 21.8 Å². The number of nitrogens with one attached hydrogen (secondary N) is 1. The second kappa shape index (κ2) is 5.93. The van der Waals surface area contributed by atoms with E-state index in [9.17, 15) is 4.79 Å². The van der Waals surface area contributed by atoms with Gasteiger partial charge in [0.25, 0.3) is 0 Å². The normalized spacial score (nSPS) is 14.0. The molecule has 5 heteroatoms. The van der Waals surface area contributed by atoms with E-state index < -0.39 is 0 Å². The Morgan fingerprint density at radius 1 is 1.09 bits per heavy atom. The monoisotopic (exact) mass is 321 g/mol. The summed E-state index contributed by atoms with van der Waals surface area (Å²) in [7, 11) is 0. The number of ketones is 1. The molecule has 0 amide bonds. The number of pyridine rings is 1. The van der Waals surface area contributed by atoms with E-state index in [1.807, 2.05) is 35.7 Å². The van der Waals surface area contributed by atoms with Gasteiger partial charge in [-0.05, 0) is 30.7 Å². The van der Waals surface area contributed by atoms with Gasteiger partial charge in [-0.2, -0.15) is 0 Å².